The van der Waals surface area contributed by atoms with Crippen LogP contribution in [0.2, 0.25) is 0 Å². The highest BCUT2D eigenvalue weighted by atomic mass is 32.2. The highest BCUT2D eigenvalue weighted by Gasteiger charge is 2.22. The number of carbonyl (C=O) groups excluding carboxylic acids is 1. The summed E-state index contributed by atoms with van der Waals surface area (Å²) in [5.41, 5.74) is 0.988. The van der Waals surface area contributed by atoms with Crippen LogP contribution in [0.1, 0.15) is 70.4 Å². The second kappa shape index (κ2) is 6.92. The van der Waals surface area contributed by atoms with Gasteiger partial charge < -0.3 is 4.74 Å². The van der Waals surface area contributed by atoms with Crippen LogP contribution in [-0.4, -0.2) is 20.5 Å². The Balaban J connectivity index is 2.76. The molecule has 0 saturated carbocycles. The first kappa shape index (κ1) is 18.8. The summed E-state index contributed by atoms with van der Waals surface area (Å²) in [6.45, 7) is 13.2. The second-order valence-corrected chi connectivity index (χ2v) is 9.34. The van der Waals surface area contributed by atoms with Crippen molar-refractivity contribution in [3.8, 4) is 0 Å². The molecule has 0 aliphatic heterocycles. The molecule has 0 bridgehead atoms. The Morgan fingerprint density at radius 1 is 1.09 bits per heavy atom. The SMILES string of the molecule is C[C@H](N[S@@](=O)C(C)(C)C)c1ccc(C(=O)OC(C)(C)C)cc1. The van der Waals surface area contributed by atoms with Gasteiger partial charge in [0.05, 0.1) is 21.3 Å². The van der Waals surface area contributed by atoms with E-state index < -0.39 is 16.6 Å². The average molecular weight is 325 g/mol. The maximum absolute atomic E-state index is 12.1. The molecule has 0 unspecified atom stereocenters. The Bertz CT molecular complexity index is 539. The molecule has 1 N–H and O–H groups in total. The Kier molecular flexibility index (Phi) is 5.93. The summed E-state index contributed by atoms with van der Waals surface area (Å²) in [6, 6.07) is 7.13. The number of rotatable bonds is 4. The molecular weight excluding hydrogens is 298 g/mol. The van der Waals surface area contributed by atoms with E-state index in [0.29, 0.717) is 5.56 Å². The molecule has 0 saturated heterocycles. The minimum Gasteiger partial charge on any atom is -0.456 e. The van der Waals surface area contributed by atoms with E-state index in [0.717, 1.165) is 5.56 Å². The summed E-state index contributed by atoms with van der Waals surface area (Å²) in [5, 5.41) is 0. The quantitative estimate of drug-likeness (QED) is 0.858. The van der Waals surface area contributed by atoms with Gasteiger partial charge in [-0.3, -0.25) is 0 Å². The van der Waals surface area contributed by atoms with Crippen molar-refractivity contribution < 1.29 is 13.7 Å². The van der Waals surface area contributed by atoms with Crippen LogP contribution in [0.25, 0.3) is 0 Å². The first-order chi connectivity index (χ1) is 9.90. The highest BCUT2D eigenvalue weighted by Crippen LogP contribution is 2.19. The van der Waals surface area contributed by atoms with Gasteiger partial charge in [0.2, 0.25) is 0 Å². The number of carbonyl (C=O) groups is 1. The summed E-state index contributed by atoms with van der Waals surface area (Å²) in [4.78, 5) is 12.0. The van der Waals surface area contributed by atoms with Crippen LogP contribution >= 0.6 is 0 Å². The van der Waals surface area contributed by atoms with Crippen molar-refractivity contribution in [2.24, 2.45) is 0 Å². The van der Waals surface area contributed by atoms with Gasteiger partial charge in [-0.25, -0.2) is 13.7 Å². The minimum atomic E-state index is -1.14. The van der Waals surface area contributed by atoms with Crippen LogP contribution in [0.3, 0.4) is 0 Å². The molecule has 0 heterocycles. The fourth-order valence-electron chi connectivity index (χ4n) is 1.65. The Labute approximate surface area is 136 Å². The lowest BCUT2D eigenvalue weighted by molar-refractivity contribution is 0.00695. The molecule has 5 heteroatoms. The molecule has 1 rings (SSSR count). The molecule has 22 heavy (non-hydrogen) atoms. The van der Waals surface area contributed by atoms with E-state index in [2.05, 4.69) is 4.72 Å². The first-order valence-electron chi connectivity index (χ1n) is 7.41. The van der Waals surface area contributed by atoms with Gasteiger partial charge >= 0.3 is 5.97 Å². The lowest BCUT2D eigenvalue weighted by Crippen LogP contribution is -2.34. The Hall–Kier alpha value is -1.20. The molecule has 0 aromatic heterocycles. The third-order valence-corrected chi connectivity index (χ3v) is 4.57. The molecule has 1 aromatic rings. The van der Waals surface area contributed by atoms with Crippen LogP contribution in [0.15, 0.2) is 24.3 Å². The summed E-state index contributed by atoms with van der Waals surface area (Å²) >= 11 is 0. The topological polar surface area (TPSA) is 55.4 Å². The van der Waals surface area contributed by atoms with Crippen molar-refractivity contribution in [3.63, 3.8) is 0 Å². The van der Waals surface area contributed by atoms with Crippen LogP contribution in [-0.2, 0) is 15.7 Å². The monoisotopic (exact) mass is 325 g/mol. The lowest BCUT2D eigenvalue weighted by Gasteiger charge is -2.22. The zero-order valence-electron chi connectivity index (χ0n) is 14.5. The predicted molar refractivity (Wildman–Crippen MR) is 91.1 cm³/mol. The van der Waals surface area contributed by atoms with Crippen molar-refractivity contribution in [2.45, 2.75) is 64.9 Å². The van der Waals surface area contributed by atoms with E-state index in [4.69, 9.17) is 4.74 Å². The van der Waals surface area contributed by atoms with Crippen molar-refractivity contribution in [3.05, 3.63) is 35.4 Å². The number of benzene rings is 1. The van der Waals surface area contributed by atoms with Crippen molar-refractivity contribution in [1.29, 1.82) is 0 Å². The van der Waals surface area contributed by atoms with Crippen molar-refractivity contribution in [1.82, 2.24) is 4.72 Å². The molecule has 0 fully saturated rings. The summed E-state index contributed by atoms with van der Waals surface area (Å²) in [6.07, 6.45) is 0. The molecule has 124 valence electrons. The zero-order valence-corrected chi connectivity index (χ0v) is 15.3. The van der Waals surface area contributed by atoms with E-state index in [1.54, 1.807) is 12.1 Å². The van der Waals surface area contributed by atoms with Crippen molar-refractivity contribution >= 4 is 17.0 Å². The van der Waals surface area contributed by atoms with Crippen LogP contribution in [0.4, 0.5) is 0 Å². The van der Waals surface area contributed by atoms with Gasteiger partial charge in [0.15, 0.2) is 0 Å². The van der Waals surface area contributed by atoms with E-state index >= 15 is 0 Å². The minimum absolute atomic E-state index is 0.0623. The van der Waals surface area contributed by atoms with Crippen molar-refractivity contribution in [2.75, 3.05) is 0 Å². The molecule has 1 aromatic carbocycles. The normalized spacial score (nSPS) is 15.2. The van der Waals surface area contributed by atoms with Crippen LogP contribution < -0.4 is 4.72 Å². The second-order valence-electron chi connectivity index (χ2n) is 7.34. The Morgan fingerprint density at radius 3 is 2.00 bits per heavy atom. The maximum Gasteiger partial charge on any atom is 0.338 e. The molecule has 2 atom stereocenters. The Morgan fingerprint density at radius 2 is 1.59 bits per heavy atom. The van der Waals surface area contributed by atoms with Gasteiger partial charge in [0, 0.05) is 6.04 Å². The maximum atomic E-state index is 12.1. The van der Waals surface area contributed by atoms with Gasteiger partial charge in [-0.15, -0.1) is 0 Å². The van der Waals surface area contributed by atoms with E-state index in [9.17, 15) is 9.00 Å². The first-order valence-corrected chi connectivity index (χ1v) is 8.56. The molecular formula is C17H27NO3S. The third-order valence-electron chi connectivity index (χ3n) is 2.89. The fraction of sp³-hybridized carbons (Fsp3) is 0.588. The number of hydrogen-bond acceptors (Lipinski definition) is 3. The molecule has 4 nitrogen and oxygen atoms in total. The lowest BCUT2D eigenvalue weighted by atomic mass is 10.1. The van der Waals surface area contributed by atoms with E-state index in [-0.39, 0.29) is 16.8 Å². The molecule has 0 aliphatic carbocycles. The van der Waals surface area contributed by atoms with E-state index in [1.807, 2.05) is 60.6 Å². The standard InChI is InChI=1S/C17H27NO3S/c1-12(18-22(20)17(5,6)7)13-8-10-14(11-9-13)15(19)21-16(2,3)4/h8-12,18H,1-7H3/t12-,22-/m0/s1. The van der Waals surface area contributed by atoms with Gasteiger partial charge in [0.1, 0.15) is 5.60 Å². The summed E-state index contributed by atoms with van der Waals surface area (Å²) < 4.78 is 20.2. The number of ether oxygens (including phenoxy) is 1. The molecule has 0 aliphatic rings. The van der Waals surface area contributed by atoms with Crippen LogP contribution in [0.5, 0.6) is 0 Å². The largest absolute Gasteiger partial charge is 0.456 e. The molecule has 0 radical (unpaired) electrons. The smallest absolute Gasteiger partial charge is 0.338 e. The third kappa shape index (κ3) is 5.89. The molecule has 0 amide bonds. The molecule has 0 spiro atoms. The van der Waals surface area contributed by atoms with Gasteiger partial charge in [-0.05, 0) is 66.2 Å². The van der Waals surface area contributed by atoms with Gasteiger partial charge in [0.25, 0.3) is 0 Å². The van der Waals surface area contributed by atoms with Crippen LogP contribution in [0, 0.1) is 0 Å². The average Bonchev–Trinajstić information content (AvgIpc) is 2.35. The van der Waals surface area contributed by atoms with Gasteiger partial charge in [-0.1, -0.05) is 12.1 Å². The van der Waals surface area contributed by atoms with E-state index in [1.165, 1.54) is 0 Å². The number of esters is 1. The van der Waals surface area contributed by atoms with Gasteiger partial charge in [-0.2, -0.15) is 0 Å². The zero-order chi connectivity index (χ0) is 17.1. The number of nitrogens with one attached hydrogen (secondary N) is 1. The fourth-order valence-corrected chi connectivity index (χ4v) is 2.46. The summed E-state index contributed by atoms with van der Waals surface area (Å²) in [7, 11) is -1.14. The highest BCUT2D eigenvalue weighted by molar-refractivity contribution is 7.84. The number of hydrogen-bond donors (Lipinski definition) is 1. The predicted octanol–water partition coefficient (Wildman–Crippen LogP) is 3.75. The summed E-state index contributed by atoms with van der Waals surface area (Å²) in [5.74, 6) is -0.335.